The Bertz CT molecular complexity index is 477. The van der Waals surface area contributed by atoms with E-state index in [0.29, 0.717) is 13.1 Å². The van der Waals surface area contributed by atoms with Crippen LogP contribution in [0.3, 0.4) is 0 Å². The van der Waals surface area contributed by atoms with E-state index >= 15 is 0 Å². The Balaban J connectivity index is 2.03. The quantitative estimate of drug-likeness (QED) is 0.826. The van der Waals surface area contributed by atoms with Crippen LogP contribution in [0, 0.1) is 5.92 Å². The van der Waals surface area contributed by atoms with Crippen molar-refractivity contribution in [3.63, 3.8) is 0 Å². The van der Waals surface area contributed by atoms with E-state index < -0.39 is 11.7 Å². The summed E-state index contributed by atoms with van der Waals surface area (Å²) in [5.41, 5.74) is 0.178. The van der Waals surface area contributed by atoms with Gasteiger partial charge in [0.2, 0.25) is 5.91 Å². The van der Waals surface area contributed by atoms with Crippen LogP contribution in [0.15, 0.2) is 24.3 Å². The summed E-state index contributed by atoms with van der Waals surface area (Å²) in [6, 6.07) is 5.16. The lowest BCUT2D eigenvalue weighted by atomic mass is 10.1. The van der Waals surface area contributed by atoms with E-state index in [2.05, 4.69) is 0 Å². The predicted molar refractivity (Wildman–Crippen MR) is 70.2 cm³/mol. The van der Waals surface area contributed by atoms with Gasteiger partial charge >= 0.3 is 6.18 Å². The van der Waals surface area contributed by atoms with E-state index in [1.807, 2.05) is 13.8 Å². The van der Waals surface area contributed by atoms with Crippen LogP contribution in [0.25, 0.3) is 0 Å². The Kier molecular flexibility index (Phi) is 4.06. The molecule has 1 aliphatic carbocycles. The van der Waals surface area contributed by atoms with E-state index in [1.54, 1.807) is 4.90 Å². The Morgan fingerprint density at radius 1 is 1.20 bits per heavy atom. The molecule has 0 bridgehead atoms. The molecule has 0 aliphatic heterocycles. The lowest BCUT2D eigenvalue weighted by Gasteiger charge is -2.18. The topological polar surface area (TPSA) is 20.3 Å². The van der Waals surface area contributed by atoms with Crippen molar-refractivity contribution in [1.29, 1.82) is 0 Å². The Morgan fingerprint density at radius 2 is 1.75 bits per heavy atom. The summed E-state index contributed by atoms with van der Waals surface area (Å²) in [4.78, 5) is 13.9. The molecule has 1 aromatic carbocycles. The molecule has 0 aromatic heterocycles. The highest BCUT2D eigenvalue weighted by molar-refractivity contribution is 5.83. The van der Waals surface area contributed by atoms with Crippen LogP contribution >= 0.6 is 0 Å². The molecule has 5 heteroatoms. The molecule has 1 saturated carbocycles. The fourth-order valence-electron chi connectivity index (χ4n) is 2.53. The zero-order valence-corrected chi connectivity index (χ0v) is 11.6. The van der Waals surface area contributed by atoms with Gasteiger partial charge in [0.1, 0.15) is 0 Å². The number of rotatable bonds is 4. The number of carbonyl (C=O) groups excluding carboxylic acids is 1. The second-order valence-corrected chi connectivity index (χ2v) is 5.08. The van der Waals surface area contributed by atoms with Gasteiger partial charge in [-0.25, -0.2) is 0 Å². The van der Waals surface area contributed by atoms with Crippen molar-refractivity contribution in [3.8, 4) is 0 Å². The minimum absolute atomic E-state index is 0.0633. The van der Waals surface area contributed by atoms with Crippen LogP contribution in [0.5, 0.6) is 0 Å². The van der Waals surface area contributed by atoms with E-state index in [-0.39, 0.29) is 17.7 Å². The molecular formula is C15H18F3NO. The zero-order valence-electron chi connectivity index (χ0n) is 11.6. The Hall–Kier alpha value is -1.52. The second-order valence-electron chi connectivity index (χ2n) is 5.08. The first kappa shape index (κ1) is 14.9. The van der Waals surface area contributed by atoms with Crippen LogP contribution in [0.4, 0.5) is 13.2 Å². The van der Waals surface area contributed by atoms with Gasteiger partial charge in [0, 0.05) is 19.0 Å². The van der Waals surface area contributed by atoms with Crippen LogP contribution < -0.4 is 0 Å². The van der Waals surface area contributed by atoms with E-state index in [1.165, 1.54) is 12.1 Å². The Morgan fingerprint density at radius 3 is 2.20 bits per heavy atom. The van der Waals surface area contributed by atoms with Gasteiger partial charge in [-0.2, -0.15) is 13.2 Å². The first-order valence-electron chi connectivity index (χ1n) is 6.84. The summed E-state index contributed by atoms with van der Waals surface area (Å²) in [6.45, 7) is 5.20. The van der Waals surface area contributed by atoms with E-state index in [4.69, 9.17) is 0 Å². The van der Waals surface area contributed by atoms with Gasteiger partial charge in [-0.3, -0.25) is 4.79 Å². The number of nitrogens with zero attached hydrogens (tertiary/aromatic N) is 1. The van der Waals surface area contributed by atoms with Gasteiger partial charge in [-0.15, -0.1) is 0 Å². The molecule has 2 unspecified atom stereocenters. The first-order chi connectivity index (χ1) is 9.38. The third-order valence-corrected chi connectivity index (χ3v) is 3.85. The van der Waals surface area contributed by atoms with Crippen LogP contribution in [0.1, 0.15) is 37.3 Å². The number of alkyl halides is 3. The molecule has 0 saturated heterocycles. The van der Waals surface area contributed by atoms with Crippen LogP contribution in [-0.4, -0.2) is 23.9 Å². The zero-order chi connectivity index (χ0) is 14.9. The highest BCUT2D eigenvalue weighted by Crippen LogP contribution is 2.48. The molecule has 1 aliphatic rings. The molecule has 2 rings (SSSR count). The van der Waals surface area contributed by atoms with Gasteiger partial charge in [-0.1, -0.05) is 12.1 Å². The largest absolute Gasteiger partial charge is 0.416 e. The molecule has 2 atom stereocenters. The molecule has 1 aromatic rings. The molecule has 0 N–H and O–H groups in total. The smallest absolute Gasteiger partial charge is 0.343 e. The third kappa shape index (κ3) is 2.97. The maximum atomic E-state index is 12.5. The minimum atomic E-state index is -4.31. The van der Waals surface area contributed by atoms with Crippen LogP contribution in [0.2, 0.25) is 0 Å². The molecule has 0 radical (unpaired) electrons. The van der Waals surface area contributed by atoms with Crippen molar-refractivity contribution in [2.45, 2.75) is 32.4 Å². The standard InChI is InChI=1S/C15H18F3NO/c1-3-19(4-2)14(20)13-9-12(13)10-5-7-11(8-6-10)15(16,17)18/h5-8,12-13H,3-4,9H2,1-2H3. The first-order valence-corrected chi connectivity index (χ1v) is 6.84. The van der Waals surface area contributed by atoms with Gasteiger partial charge < -0.3 is 4.90 Å². The van der Waals surface area contributed by atoms with Crippen molar-refractivity contribution >= 4 is 5.91 Å². The molecule has 1 fully saturated rings. The molecule has 1 amide bonds. The van der Waals surface area contributed by atoms with Gasteiger partial charge in [0.05, 0.1) is 5.56 Å². The molecule has 0 heterocycles. The second kappa shape index (κ2) is 5.46. The van der Waals surface area contributed by atoms with E-state index in [0.717, 1.165) is 24.1 Å². The fourth-order valence-corrected chi connectivity index (χ4v) is 2.53. The Labute approximate surface area is 116 Å². The van der Waals surface area contributed by atoms with Crippen molar-refractivity contribution in [1.82, 2.24) is 4.90 Å². The predicted octanol–water partition coefficient (Wildman–Crippen LogP) is 3.68. The number of hydrogen-bond acceptors (Lipinski definition) is 1. The number of hydrogen-bond donors (Lipinski definition) is 0. The van der Waals surface area contributed by atoms with Gasteiger partial charge in [0.25, 0.3) is 0 Å². The fraction of sp³-hybridized carbons (Fsp3) is 0.533. The SMILES string of the molecule is CCN(CC)C(=O)C1CC1c1ccc(C(F)(F)F)cc1. The number of amides is 1. The summed E-state index contributed by atoms with van der Waals surface area (Å²) < 4.78 is 37.4. The van der Waals surface area contributed by atoms with Gasteiger partial charge in [-0.05, 0) is 43.9 Å². The lowest BCUT2D eigenvalue weighted by molar-refractivity contribution is -0.137. The number of halogens is 3. The van der Waals surface area contributed by atoms with Crippen molar-refractivity contribution in [2.75, 3.05) is 13.1 Å². The molecule has 20 heavy (non-hydrogen) atoms. The summed E-state index contributed by atoms with van der Waals surface area (Å²) in [5, 5.41) is 0. The summed E-state index contributed by atoms with van der Waals surface area (Å²) in [5.74, 6) is 0.122. The molecule has 2 nitrogen and oxygen atoms in total. The van der Waals surface area contributed by atoms with Crippen LogP contribution in [-0.2, 0) is 11.0 Å². The van der Waals surface area contributed by atoms with Crippen molar-refractivity contribution in [2.24, 2.45) is 5.92 Å². The maximum Gasteiger partial charge on any atom is 0.416 e. The number of benzene rings is 1. The molecule has 0 spiro atoms. The van der Waals surface area contributed by atoms with Gasteiger partial charge in [0.15, 0.2) is 0 Å². The average Bonchev–Trinajstić information content (AvgIpc) is 3.19. The number of carbonyl (C=O) groups is 1. The third-order valence-electron chi connectivity index (χ3n) is 3.85. The molecular weight excluding hydrogens is 267 g/mol. The summed E-state index contributed by atoms with van der Waals surface area (Å²) in [6.07, 6.45) is -3.57. The highest BCUT2D eigenvalue weighted by atomic mass is 19.4. The molecule has 110 valence electrons. The normalized spacial score (nSPS) is 21.6. The lowest BCUT2D eigenvalue weighted by Crippen LogP contribution is -2.32. The average molecular weight is 285 g/mol. The minimum Gasteiger partial charge on any atom is -0.343 e. The maximum absolute atomic E-state index is 12.5. The monoisotopic (exact) mass is 285 g/mol. The summed E-state index contributed by atoms with van der Waals surface area (Å²) >= 11 is 0. The highest BCUT2D eigenvalue weighted by Gasteiger charge is 2.45. The van der Waals surface area contributed by atoms with Crippen molar-refractivity contribution in [3.05, 3.63) is 35.4 Å². The van der Waals surface area contributed by atoms with E-state index in [9.17, 15) is 18.0 Å². The van der Waals surface area contributed by atoms with Crippen molar-refractivity contribution < 1.29 is 18.0 Å². The summed E-state index contributed by atoms with van der Waals surface area (Å²) in [7, 11) is 0.